The number of benzene rings is 7. The largest absolute Gasteiger partial charge is 0.310 e. The van der Waals surface area contributed by atoms with Gasteiger partial charge in [0.05, 0.1) is 0 Å². The van der Waals surface area contributed by atoms with Crippen LogP contribution in [0.2, 0.25) is 0 Å². The molecule has 0 spiro atoms. The Morgan fingerprint density at radius 1 is 0.317 bits per heavy atom. The summed E-state index contributed by atoms with van der Waals surface area (Å²) in [5.74, 6) is 0. The maximum atomic E-state index is 3.70. The molecule has 0 amide bonds. The third-order valence-corrected chi connectivity index (χ3v) is 14.2. The van der Waals surface area contributed by atoms with Crippen LogP contribution in [0.15, 0.2) is 167 Å². The molecular formula is C56H54Br2N2. The zero-order chi connectivity index (χ0) is 42.2. The van der Waals surface area contributed by atoms with Gasteiger partial charge in [-0.2, -0.15) is 0 Å². The first kappa shape index (κ1) is 40.5. The van der Waals surface area contributed by atoms with Gasteiger partial charge in [-0.15, -0.1) is 0 Å². The van der Waals surface area contributed by atoms with Crippen LogP contribution in [0, 0.1) is 0 Å². The lowest BCUT2D eigenvalue weighted by molar-refractivity contribution is 0.402. The van der Waals surface area contributed by atoms with Crippen molar-refractivity contribution in [3.63, 3.8) is 0 Å². The van der Waals surface area contributed by atoms with Gasteiger partial charge in [-0.1, -0.05) is 154 Å². The molecule has 0 unspecified atom stereocenters. The van der Waals surface area contributed by atoms with E-state index in [0.29, 0.717) is 0 Å². The molecule has 302 valence electrons. The highest BCUT2D eigenvalue weighted by molar-refractivity contribution is 9.10. The van der Waals surface area contributed by atoms with Gasteiger partial charge in [0.2, 0.25) is 0 Å². The van der Waals surface area contributed by atoms with Gasteiger partial charge in [0.25, 0.3) is 0 Å². The van der Waals surface area contributed by atoms with Crippen molar-refractivity contribution in [1.82, 2.24) is 0 Å². The van der Waals surface area contributed by atoms with Crippen molar-refractivity contribution in [3.8, 4) is 22.3 Å². The third-order valence-electron chi connectivity index (χ3n) is 13.1. The predicted molar refractivity (Wildman–Crippen MR) is 263 cm³/mol. The fraction of sp³-hybridized carbons (Fsp3) is 0.250. The van der Waals surface area contributed by atoms with Gasteiger partial charge in [0, 0.05) is 43.1 Å². The lowest BCUT2D eigenvalue weighted by Crippen LogP contribution is -2.18. The Morgan fingerprint density at radius 2 is 0.633 bits per heavy atom. The second-order valence-electron chi connectivity index (χ2n) is 19.7. The van der Waals surface area contributed by atoms with E-state index in [2.05, 4.69) is 255 Å². The molecule has 0 heterocycles. The van der Waals surface area contributed by atoms with Crippen LogP contribution >= 0.6 is 31.9 Å². The molecule has 2 aliphatic rings. The highest BCUT2D eigenvalue weighted by Crippen LogP contribution is 2.52. The molecule has 2 nitrogen and oxygen atoms in total. The highest BCUT2D eigenvalue weighted by atomic mass is 79.9. The Hall–Kier alpha value is -4.90. The zero-order valence-electron chi connectivity index (χ0n) is 36.1. The van der Waals surface area contributed by atoms with Gasteiger partial charge in [0.1, 0.15) is 0 Å². The number of anilines is 6. The van der Waals surface area contributed by atoms with E-state index >= 15 is 0 Å². The molecule has 0 aliphatic heterocycles. The molecule has 9 rings (SSSR count). The summed E-state index contributed by atoms with van der Waals surface area (Å²) >= 11 is 7.39. The first-order chi connectivity index (χ1) is 28.5. The third kappa shape index (κ3) is 7.45. The van der Waals surface area contributed by atoms with E-state index in [0.717, 1.165) is 55.9 Å². The van der Waals surface area contributed by atoms with Crippen LogP contribution in [0.3, 0.4) is 0 Å². The molecule has 0 saturated carbocycles. The Balaban J connectivity index is 1.15. The fourth-order valence-corrected chi connectivity index (χ4v) is 11.4. The second-order valence-corrected chi connectivity index (χ2v) is 21.5. The maximum Gasteiger partial charge on any atom is 0.0482 e. The van der Waals surface area contributed by atoms with E-state index in [1.54, 1.807) is 0 Å². The van der Waals surface area contributed by atoms with E-state index in [4.69, 9.17) is 0 Å². The summed E-state index contributed by atoms with van der Waals surface area (Å²) in [6.07, 6.45) is 2.30. The number of rotatable bonds is 8. The van der Waals surface area contributed by atoms with Crippen molar-refractivity contribution in [3.05, 3.63) is 189 Å². The molecule has 0 saturated heterocycles. The molecule has 4 heteroatoms. The van der Waals surface area contributed by atoms with Crippen molar-refractivity contribution in [1.29, 1.82) is 0 Å². The molecule has 0 fully saturated rings. The van der Waals surface area contributed by atoms with Gasteiger partial charge >= 0.3 is 0 Å². The lowest BCUT2D eigenvalue weighted by atomic mass is 9.82. The normalized spacial score (nSPS) is 16.6. The standard InChI is InChI=1S/C56H54Br2N2/c1-53(2)35-55(5,6)51-32-39(18-28-49(51)53)37-12-9-14-45(30-37)59(43-24-20-41(57)21-25-43)47-16-11-17-48(34-47)60(44-26-22-42(58)23-27-44)46-15-10-13-38(31-46)40-19-29-50-52(33-40)56(7,8)36-54(50,3)4/h9-34H,35-36H2,1-8H3. The molecule has 60 heavy (non-hydrogen) atoms. The van der Waals surface area contributed by atoms with Gasteiger partial charge in [0.15, 0.2) is 0 Å². The number of hydrogen-bond donors (Lipinski definition) is 0. The van der Waals surface area contributed by atoms with Crippen LogP contribution in [0.5, 0.6) is 0 Å². The summed E-state index contributed by atoms with van der Waals surface area (Å²) in [6, 6.07) is 58.6. The quantitative estimate of drug-likeness (QED) is 0.150. The Morgan fingerprint density at radius 3 is 1.02 bits per heavy atom. The van der Waals surface area contributed by atoms with E-state index < -0.39 is 0 Å². The van der Waals surface area contributed by atoms with Crippen LogP contribution < -0.4 is 9.80 Å². The maximum absolute atomic E-state index is 3.70. The minimum atomic E-state index is 0.131. The first-order valence-electron chi connectivity index (χ1n) is 21.2. The minimum Gasteiger partial charge on any atom is -0.310 e. The van der Waals surface area contributed by atoms with Crippen LogP contribution in [0.4, 0.5) is 34.1 Å². The topological polar surface area (TPSA) is 6.48 Å². The molecule has 0 radical (unpaired) electrons. The molecule has 2 aliphatic carbocycles. The molecule has 7 aromatic carbocycles. The molecule has 7 aromatic rings. The van der Waals surface area contributed by atoms with Crippen molar-refractivity contribution in [2.75, 3.05) is 9.80 Å². The molecule has 0 aromatic heterocycles. The number of nitrogens with zero attached hydrogens (tertiary/aromatic N) is 2. The minimum absolute atomic E-state index is 0.131. The highest BCUT2D eigenvalue weighted by Gasteiger charge is 2.43. The van der Waals surface area contributed by atoms with Gasteiger partial charge in [-0.25, -0.2) is 0 Å². The second kappa shape index (κ2) is 14.9. The van der Waals surface area contributed by atoms with Crippen molar-refractivity contribution < 1.29 is 0 Å². The fourth-order valence-electron chi connectivity index (χ4n) is 10.8. The SMILES string of the molecule is CC1(C)CC(C)(C)c2cc(-c3cccc(N(c4ccc(Br)cc4)c4cccc(N(c5ccc(Br)cc5)c5cccc(-c6ccc7c(c6)C(C)(C)CC7(C)C)c5)c4)c3)ccc21. The molecule has 0 N–H and O–H groups in total. The summed E-state index contributed by atoms with van der Waals surface area (Å²) < 4.78 is 2.10. The molecule has 0 bridgehead atoms. The monoisotopic (exact) mass is 912 g/mol. The number of hydrogen-bond acceptors (Lipinski definition) is 2. The Labute approximate surface area is 374 Å². The van der Waals surface area contributed by atoms with E-state index in [1.165, 1.54) is 44.5 Å². The Kier molecular flexibility index (Phi) is 10.1. The smallest absolute Gasteiger partial charge is 0.0482 e. The first-order valence-corrected chi connectivity index (χ1v) is 22.8. The summed E-state index contributed by atoms with van der Waals surface area (Å²) in [6.45, 7) is 19.1. The van der Waals surface area contributed by atoms with Crippen LogP contribution in [0.1, 0.15) is 90.5 Å². The summed E-state index contributed by atoms with van der Waals surface area (Å²) in [5, 5.41) is 0. The molecular weight excluding hydrogens is 860 g/mol. The number of fused-ring (bicyclic) bond motifs is 2. The van der Waals surface area contributed by atoms with E-state index in [1.807, 2.05) is 0 Å². The van der Waals surface area contributed by atoms with Crippen LogP contribution in [-0.4, -0.2) is 0 Å². The molecule has 0 atom stereocenters. The van der Waals surface area contributed by atoms with Crippen molar-refractivity contribution in [2.24, 2.45) is 0 Å². The van der Waals surface area contributed by atoms with Gasteiger partial charge in [-0.05, 0) is 170 Å². The van der Waals surface area contributed by atoms with Crippen molar-refractivity contribution >= 4 is 66.0 Å². The Bertz CT molecular complexity index is 2550. The predicted octanol–water partition coefficient (Wildman–Crippen LogP) is 17.4. The van der Waals surface area contributed by atoms with E-state index in [-0.39, 0.29) is 21.7 Å². The zero-order valence-corrected chi connectivity index (χ0v) is 39.2. The van der Waals surface area contributed by atoms with Crippen molar-refractivity contribution in [2.45, 2.75) is 89.9 Å². The van der Waals surface area contributed by atoms with E-state index in [9.17, 15) is 0 Å². The summed E-state index contributed by atoms with van der Waals surface area (Å²) in [4.78, 5) is 4.76. The average molecular weight is 915 g/mol. The summed E-state index contributed by atoms with van der Waals surface area (Å²) in [7, 11) is 0. The van der Waals surface area contributed by atoms with Crippen LogP contribution in [-0.2, 0) is 21.7 Å². The van der Waals surface area contributed by atoms with Crippen LogP contribution in [0.25, 0.3) is 22.3 Å². The number of halogens is 2. The summed E-state index contributed by atoms with van der Waals surface area (Å²) in [5.41, 5.74) is 17.9. The van der Waals surface area contributed by atoms with Gasteiger partial charge in [-0.3, -0.25) is 0 Å². The lowest BCUT2D eigenvalue weighted by Gasteiger charge is -2.30. The van der Waals surface area contributed by atoms with Gasteiger partial charge < -0.3 is 9.80 Å². The average Bonchev–Trinajstić information content (AvgIpc) is 3.53.